The lowest BCUT2D eigenvalue weighted by Crippen LogP contribution is -2.34. The van der Waals surface area contributed by atoms with Crippen molar-refractivity contribution in [3.8, 4) is 0 Å². The van der Waals surface area contributed by atoms with Gasteiger partial charge in [0.15, 0.2) is 0 Å². The molecule has 0 atom stereocenters. The van der Waals surface area contributed by atoms with E-state index >= 15 is 0 Å². The van der Waals surface area contributed by atoms with E-state index in [0.717, 1.165) is 19.3 Å². The van der Waals surface area contributed by atoms with Crippen molar-refractivity contribution in [2.24, 2.45) is 5.92 Å². The average Bonchev–Trinajstić information content (AvgIpc) is 2.97. The van der Waals surface area contributed by atoms with Crippen molar-refractivity contribution >= 4 is 11.9 Å². The number of amides is 1. The van der Waals surface area contributed by atoms with Crippen molar-refractivity contribution in [1.29, 1.82) is 0 Å². The Balaban J connectivity index is 2.17. The summed E-state index contributed by atoms with van der Waals surface area (Å²) in [7, 11) is 1.70. The maximum absolute atomic E-state index is 11.6. The van der Waals surface area contributed by atoms with Gasteiger partial charge in [0.25, 0.3) is 0 Å². The predicted molar refractivity (Wildman–Crippen MR) is 65.8 cm³/mol. The van der Waals surface area contributed by atoms with Crippen LogP contribution >= 0.6 is 0 Å². The summed E-state index contributed by atoms with van der Waals surface area (Å²) in [6, 6.07) is 0. The quantitative estimate of drug-likeness (QED) is 0.743. The van der Waals surface area contributed by atoms with Gasteiger partial charge in [-0.1, -0.05) is 0 Å². The summed E-state index contributed by atoms with van der Waals surface area (Å²) in [6.45, 7) is 6.10. The summed E-state index contributed by atoms with van der Waals surface area (Å²) in [6.07, 6.45) is 3.10. The van der Waals surface area contributed by atoms with E-state index < -0.39 is 5.60 Å². The van der Waals surface area contributed by atoms with Crippen molar-refractivity contribution in [2.75, 3.05) is 13.6 Å². The van der Waals surface area contributed by atoms with Crippen LogP contribution in [-0.2, 0) is 9.53 Å². The standard InChI is InChI=1S/C13H23NO3/c1-13(2,3)17-12(16)14(4)9-5-6-11(15)10-7-8-10/h10H,5-9H2,1-4H3. The third-order valence-corrected chi connectivity index (χ3v) is 2.65. The number of hydrogen-bond acceptors (Lipinski definition) is 3. The predicted octanol–water partition coefficient (Wildman–Crippen LogP) is 2.61. The lowest BCUT2D eigenvalue weighted by molar-refractivity contribution is -0.120. The van der Waals surface area contributed by atoms with Crippen LogP contribution in [0.3, 0.4) is 0 Å². The van der Waals surface area contributed by atoms with E-state index in [9.17, 15) is 9.59 Å². The van der Waals surface area contributed by atoms with Gasteiger partial charge in [-0.25, -0.2) is 4.79 Å². The zero-order chi connectivity index (χ0) is 13.1. The lowest BCUT2D eigenvalue weighted by Gasteiger charge is -2.24. The molecule has 0 bridgehead atoms. The molecule has 1 saturated carbocycles. The maximum atomic E-state index is 11.6. The highest BCUT2D eigenvalue weighted by Crippen LogP contribution is 2.31. The fraction of sp³-hybridized carbons (Fsp3) is 0.846. The summed E-state index contributed by atoms with van der Waals surface area (Å²) >= 11 is 0. The number of nitrogens with zero attached hydrogens (tertiary/aromatic N) is 1. The molecule has 98 valence electrons. The molecule has 1 amide bonds. The fourth-order valence-corrected chi connectivity index (χ4v) is 1.53. The second-order valence-corrected chi connectivity index (χ2v) is 5.75. The molecule has 1 rings (SSSR count). The van der Waals surface area contributed by atoms with Gasteiger partial charge in [-0.3, -0.25) is 4.79 Å². The topological polar surface area (TPSA) is 46.6 Å². The van der Waals surface area contributed by atoms with Crippen molar-refractivity contribution < 1.29 is 14.3 Å². The Morgan fingerprint density at radius 3 is 2.35 bits per heavy atom. The van der Waals surface area contributed by atoms with Crippen LogP contribution in [0.1, 0.15) is 46.5 Å². The SMILES string of the molecule is CN(CCCC(=O)C1CC1)C(=O)OC(C)(C)C. The maximum Gasteiger partial charge on any atom is 0.410 e. The molecular formula is C13H23NO3. The minimum absolute atomic E-state index is 0.321. The Kier molecular flexibility index (Phi) is 4.54. The first-order chi connectivity index (χ1) is 7.79. The zero-order valence-corrected chi connectivity index (χ0v) is 11.3. The van der Waals surface area contributed by atoms with Crippen molar-refractivity contribution in [1.82, 2.24) is 4.90 Å². The first-order valence-electron chi connectivity index (χ1n) is 6.26. The van der Waals surface area contributed by atoms with Crippen LogP contribution in [0.25, 0.3) is 0 Å². The zero-order valence-electron chi connectivity index (χ0n) is 11.3. The molecule has 4 heteroatoms. The molecule has 1 aliphatic carbocycles. The largest absolute Gasteiger partial charge is 0.444 e. The Labute approximate surface area is 103 Å². The van der Waals surface area contributed by atoms with Gasteiger partial charge in [0.2, 0.25) is 0 Å². The van der Waals surface area contributed by atoms with E-state index in [0.29, 0.717) is 24.7 Å². The number of ketones is 1. The molecule has 0 aromatic carbocycles. The molecule has 4 nitrogen and oxygen atoms in total. The van der Waals surface area contributed by atoms with Gasteiger partial charge in [-0.2, -0.15) is 0 Å². The van der Waals surface area contributed by atoms with Gasteiger partial charge in [0.05, 0.1) is 0 Å². The monoisotopic (exact) mass is 241 g/mol. The van der Waals surface area contributed by atoms with Crippen LogP contribution in [0.5, 0.6) is 0 Å². The van der Waals surface area contributed by atoms with E-state index in [1.165, 1.54) is 4.90 Å². The Bertz CT molecular complexity index is 290. The Hall–Kier alpha value is -1.06. The third-order valence-electron chi connectivity index (χ3n) is 2.65. The smallest absolute Gasteiger partial charge is 0.410 e. The fourth-order valence-electron chi connectivity index (χ4n) is 1.53. The van der Waals surface area contributed by atoms with Crippen LogP contribution in [-0.4, -0.2) is 36.0 Å². The highest BCUT2D eigenvalue weighted by molar-refractivity contribution is 5.83. The summed E-state index contributed by atoms with van der Waals surface area (Å²) in [5, 5.41) is 0. The van der Waals surface area contributed by atoms with Gasteiger partial charge in [-0.15, -0.1) is 0 Å². The molecule has 0 spiro atoms. The van der Waals surface area contributed by atoms with E-state index in [1.54, 1.807) is 7.05 Å². The summed E-state index contributed by atoms with van der Waals surface area (Å²) < 4.78 is 5.22. The molecule has 1 aliphatic rings. The number of ether oxygens (including phenoxy) is 1. The molecule has 1 fully saturated rings. The summed E-state index contributed by atoms with van der Waals surface area (Å²) in [4.78, 5) is 24.6. The van der Waals surface area contributed by atoms with E-state index in [-0.39, 0.29) is 6.09 Å². The number of carbonyl (C=O) groups is 2. The molecule has 0 aromatic rings. The second-order valence-electron chi connectivity index (χ2n) is 5.75. The van der Waals surface area contributed by atoms with Crippen LogP contribution in [0.4, 0.5) is 4.79 Å². The normalized spacial score (nSPS) is 15.5. The summed E-state index contributed by atoms with van der Waals surface area (Å²) in [5.41, 5.74) is -0.463. The second kappa shape index (κ2) is 5.52. The Morgan fingerprint density at radius 2 is 1.88 bits per heavy atom. The molecular weight excluding hydrogens is 218 g/mol. The highest BCUT2D eigenvalue weighted by Gasteiger charge is 2.28. The molecule has 0 radical (unpaired) electrons. The Morgan fingerprint density at radius 1 is 1.29 bits per heavy atom. The number of hydrogen-bond donors (Lipinski definition) is 0. The van der Waals surface area contributed by atoms with Gasteiger partial charge in [0.1, 0.15) is 11.4 Å². The summed E-state index contributed by atoms with van der Waals surface area (Å²) in [5.74, 6) is 0.671. The van der Waals surface area contributed by atoms with Crippen LogP contribution in [0, 0.1) is 5.92 Å². The molecule has 17 heavy (non-hydrogen) atoms. The third kappa shape index (κ3) is 5.71. The minimum atomic E-state index is -0.463. The molecule has 0 N–H and O–H groups in total. The lowest BCUT2D eigenvalue weighted by atomic mass is 10.1. The molecule has 0 heterocycles. The molecule has 0 unspecified atom stereocenters. The van der Waals surface area contributed by atoms with E-state index in [4.69, 9.17) is 4.74 Å². The van der Waals surface area contributed by atoms with Crippen LogP contribution in [0.15, 0.2) is 0 Å². The minimum Gasteiger partial charge on any atom is -0.444 e. The van der Waals surface area contributed by atoms with E-state index in [1.807, 2.05) is 20.8 Å². The first-order valence-corrected chi connectivity index (χ1v) is 6.26. The van der Waals surface area contributed by atoms with Gasteiger partial charge >= 0.3 is 6.09 Å². The van der Waals surface area contributed by atoms with E-state index in [2.05, 4.69) is 0 Å². The van der Waals surface area contributed by atoms with Crippen molar-refractivity contribution in [3.63, 3.8) is 0 Å². The number of carbonyl (C=O) groups excluding carboxylic acids is 2. The van der Waals surface area contributed by atoms with Crippen LogP contribution in [0.2, 0.25) is 0 Å². The van der Waals surface area contributed by atoms with Gasteiger partial charge in [-0.05, 0) is 40.0 Å². The average molecular weight is 241 g/mol. The van der Waals surface area contributed by atoms with Crippen molar-refractivity contribution in [3.05, 3.63) is 0 Å². The molecule has 0 aromatic heterocycles. The first kappa shape index (κ1) is 14.0. The van der Waals surface area contributed by atoms with Crippen molar-refractivity contribution in [2.45, 2.75) is 52.1 Å². The van der Waals surface area contributed by atoms with Crippen LogP contribution < -0.4 is 0 Å². The van der Waals surface area contributed by atoms with Gasteiger partial charge < -0.3 is 9.64 Å². The molecule has 0 aliphatic heterocycles. The number of Topliss-reactive ketones (excluding diaryl/α,β-unsaturated/α-hetero) is 1. The highest BCUT2D eigenvalue weighted by atomic mass is 16.6. The number of rotatable bonds is 5. The molecule has 0 saturated heterocycles. The van der Waals surface area contributed by atoms with Gasteiger partial charge in [0, 0.05) is 25.9 Å².